The molecule has 0 bridgehead atoms. The largest absolute Gasteiger partial charge is 0.341 e. The van der Waals surface area contributed by atoms with Crippen LogP contribution in [0.15, 0.2) is 46.9 Å². The standard InChI is InChI=1S/C18H16BrFINO2/c1-22(18(24)14-8-15(19)10-17(21)9-14)11-13(6-7-23)12-2-4-16(20)5-3-12/h2-5,7-10,13H,6,11H2,1H3/t13-/m1/s1. The zero-order valence-electron chi connectivity index (χ0n) is 13.0. The summed E-state index contributed by atoms with van der Waals surface area (Å²) in [4.78, 5) is 25.2. The van der Waals surface area contributed by atoms with Gasteiger partial charge < -0.3 is 9.69 Å². The Balaban J connectivity index is 2.17. The van der Waals surface area contributed by atoms with Crippen molar-refractivity contribution < 1.29 is 14.0 Å². The number of rotatable bonds is 6. The summed E-state index contributed by atoms with van der Waals surface area (Å²) >= 11 is 5.55. The summed E-state index contributed by atoms with van der Waals surface area (Å²) in [6.07, 6.45) is 1.10. The number of likely N-dealkylation sites (N-methyl/N-ethyl adjacent to an activating group) is 1. The highest BCUT2D eigenvalue weighted by atomic mass is 127. The molecule has 0 fully saturated rings. The lowest BCUT2D eigenvalue weighted by atomic mass is 9.95. The molecule has 0 saturated heterocycles. The third-order valence-electron chi connectivity index (χ3n) is 3.67. The Morgan fingerprint density at radius 3 is 2.54 bits per heavy atom. The number of carbonyl (C=O) groups excluding carboxylic acids is 2. The fourth-order valence-electron chi connectivity index (χ4n) is 2.48. The van der Waals surface area contributed by atoms with E-state index in [1.54, 1.807) is 30.1 Å². The van der Waals surface area contributed by atoms with Crippen molar-refractivity contribution in [3.63, 3.8) is 0 Å². The Morgan fingerprint density at radius 1 is 1.29 bits per heavy atom. The van der Waals surface area contributed by atoms with Crippen molar-refractivity contribution in [1.82, 2.24) is 4.90 Å². The van der Waals surface area contributed by atoms with Crippen LogP contribution in [0.3, 0.4) is 0 Å². The predicted octanol–water partition coefficient (Wildman–Crippen LogP) is 4.64. The molecule has 0 unspecified atom stereocenters. The van der Waals surface area contributed by atoms with Crippen LogP contribution in [0.4, 0.5) is 4.39 Å². The number of hydrogen-bond donors (Lipinski definition) is 0. The lowest BCUT2D eigenvalue weighted by molar-refractivity contribution is -0.108. The average molecular weight is 504 g/mol. The number of hydrogen-bond acceptors (Lipinski definition) is 2. The van der Waals surface area contributed by atoms with E-state index in [4.69, 9.17) is 0 Å². The minimum atomic E-state index is -0.322. The lowest BCUT2D eigenvalue weighted by Crippen LogP contribution is -2.31. The summed E-state index contributed by atoms with van der Waals surface area (Å²) in [7, 11) is 1.71. The fraction of sp³-hybridized carbons (Fsp3) is 0.222. The van der Waals surface area contributed by atoms with Crippen molar-refractivity contribution >= 4 is 50.7 Å². The fourth-order valence-corrected chi connectivity index (χ4v) is 4.07. The monoisotopic (exact) mass is 503 g/mol. The molecule has 2 rings (SSSR count). The highest BCUT2D eigenvalue weighted by molar-refractivity contribution is 14.1. The van der Waals surface area contributed by atoms with Crippen molar-refractivity contribution in [3.8, 4) is 0 Å². The van der Waals surface area contributed by atoms with Crippen molar-refractivity contribution in [2.24, 2.45) is 0 Å². The minimum Gasteiger partial charge on any atom is -0.341 e. The molecule has 0 aliphatic heterocycles. The van der Waals surface area contributed by atoms with Crippen LogP contribution in [0, 0.1) is 9.39 Å². The second-order valence-corrected chi connectivity index (χ2v) is 7.66. The molecule has 2 aromatic carbocycles. The molecule has 0 saturated carbocycles. The molecule has 0 heterocycles. The molecule has 0 aromatic heterocycles. The molecule has 0 spiro atoms. The second kappa shape index (κ2) is 8.71. The maximum absolute atomic E-state index is 13.1. The smallest absolute Gasteiger partial charge is 0.253 e. The van der Waals surface area contributed by atoms with Gasteiger partial charge >= 0.3 is 0 Å². The van der Waals surface area contributed by atoms with Gasteiger partial charge in [-0.3, -0.25) is 4.79 Å². The number of benzene rings is 2. The van der Waals surface area contributed by atoms with Gasteiger partial charge in [-0.15, -0.1) is 0 Å². The van der Waals surface area contributed by atoms with Gasteiger partial charge in [0.15, 0.2) is 0 Å². The Morgan fingerprint density at radius 2 is 1.96 bits per heavy atom. The van der Waals surface area contributed by atoms with Gasteiger partial charge in [0.05, 0.1) is 0 Å². The molecule has 3 nitrogen and oxygen atoms in total. The topological polar surface area (TPSA) is 37.4 Å². The van der Waals surface area contributed by atoms with Crippen LogP contribution in [0.1, 0.15) is 28.3 Å². The minimum absolute atomic E-state index is 0.118. The summed E-state index contributed by atoms with van der Waals surface area (Å²) in [5, 5.41) is 0. The van der Waals surface area contributed by atoms with Crippen molar-refractivity contribution in [2.75, 3.05) is 13.6 Å². The zero-order chi connectivity index (χ0) is 17.7. The Labute approximate surface area is 162 Å². The van der Waals surface area contributed by atoms with Crippen LogP contribution in [0.2, 0.25) is 0 Å². The summed E-state index contributed by atoms with van der Waals surface area (Å²) in [5.41, 5.74) is 1.42. The molecule has 6 heteroatoms. The Kier molecular flexibility index (Phi) is 6.91. The van der Waals surface area contributed by atoms with Gasteiger partial charge in [0.1, 0.15) is 12.1 Å². The number of carbonyl (C=O) groups is 2. The van der Waals surface area contributed by atoms with E-state index in [0.29, 0.717) is 12.1 Å². The van der Waals surface area contributed by atoms with Crippen LogP contribution in [0.25, 0.3) is 0 Å². The van der Waals surface area contributed by atoms with Crippen LogP contribution in [0.5, 0.6) is 0 Å². The summed E-state index contributed by atoms with van der Waals surface area (Å²) < 4.78 is 14.9. The third-order valence-corrected chi connectivity index (χ3v) is 4.75. The molecule has 0 aliphatic rings. The second-order valence-electron chi connectivity index (χ2n) is 5.49. The van der Waals surface area contributed by atoms with Crippen molar-refractivity contribution in [3.05, 3.63) is 67.5 Å². The highest BCUT2D eigenvalue weighted by Crippen LogP contribution is 2.22. The third kappa shape index (κ3) is 5.11. The van der Waals surface area contributed by atoms with E-state index in [1.807, 2.05) is 12.1 Å². The lowest BCUT2D eigenvalue weighted by Gasteiger charge is -2.23. The first kappa shape index (κ1) is 19.1. The van der Waals surface area contributed by atoms with Crippen LogP contribution < -0.4 is 0 Å². The molecule has 1 atom stereocenters. The van der Waals surface area contributed by atoms with E-state index in [-0.39, 0.29) is 24.1 Å². The van der Waals surface area contributed by atoms with Crippen molar-refractivity contribution in [1.29, 1.82) is 0 Å². The zero-order valence-corrected chi connectivity index (χ0v) is 16.8. The molecule has 0 radical (unpaired) electrons. The van der Waals surface area contributed by atoms with Gasteiger partial charge in [-0.1, -0.05) is 28.1 Å². The van der Waals surface area contributed by atoms with Gasteiger partial charge in [0.2, 0.25) is 0 Å². The Bertz CT molecular complexity index is 716. The highest BCUT2D eigenvalue weighted by Gasteiger charge is 2.19. The predicted molar refractivity (Wildman–Crippen MR) is 104 cm³/mol. The number of nitrogens with zero attached hydrogens (tertiary/aromatic N) is 1. The number of halogens is 3. The first-order valence-corrected chi connectivity index (χ1v) is 9.18. The molecule has 1 amide bonds. The molecular weight excluding hydrogens is 488 g/mol. The summed E-state index contributed by atoms with van der Waals surface area (Å²) in [6.45, 7) is 0.381. The quantitative estimate of drug-likeness (QED) is 0.425. The van der Waals surface area contributed by atoms with E-state index in [0.717, 1.165) is 19.9 Å². The molecule has 2 aromatic rings. The first-order chi connectivity index (χ1) is 11.4. The van der Waals surface area contributed by atoms with Gasteiger partial charge in [0, 0.05) is 39.5 Å². The van der Waals surface area contributed by atoms with Crippen LogP contribution in [-0.2, 0) is 4.79 Å². The van der Waals surface area contributed by atoms with E-state index < -0.39 is 0 Å². The van der Waals surface area contributed by atoms with E-state index in [2.05, 4.69) is 38.5 Å². The van der Waals surface area contributed by atoms with E-state index in [9.17, 15) is 14.0 Å². The maximum atomic E-state index is 13.1. The molecular formula is C18H16BrFINO2. The summed E-state index contributed by atoms with van der Waals surface area (Å²) in [5.74, 6) is -0.604. The average Bonchev–Trinajstić information content (AvgIpc) is 2.53. The van der Waals surface area contributed by atoms with Gasteiger partial charge in [-0.25, -0.2) is 4.39 Å². The Hall–Kier alpha value is -1.28. The maximum Gasteiger partial charge on any atom is 0.253 e. The van der Waals surface area contributed by atoms with E-state index >= 15 is 0 Å². The molecule has 126 valence electrons. The number of aldehydes is 1. The normalized spacial score (nSPS) is 11.8. The van der Waals surface area contributed by atoms with E-state index in [1.165, 1.54) is 12.1 Å². The van der Waals surface area contributed by atoms with Gasteiger partial charge in [-0.05, 0) is 58.5 Å². The van der Waals surface area contributed by atoms with Crippen LogP contribution in [-0.4, -0.2) is 30.7 Å². The molecule has 24 heavy (non-hydrogen) atoms. The van der Waals surface area contributed by atoms with Gasteiger partial charge in [-0.2, -0.15) is 0 Å². The molecule has 0 aliphatic carbocycles. The van der Waals surface area contributed by atoms with Crippen LogP contribution >= 0.6 is 38.5 Å². The summed E-state index contributed by atoms with van der Waals surface area (Å²) in [6, 6.07) is 11.6. The SMILES string of the molecule is CN(C[C@@H](CC=O)c1ccc(F)cc1)C(=O)c1cc(Br)cc(I)c1. The van der Waals surface area contributed by atoms with Gasteiger partial charge in [0.25, 0.3) is 5.91 Å². The molecule has 0 N–H and O–H groups in total. The number of amides is 1. The first-order valence-electron chi connectivity index (χ1n) is 7.31. The van der Waals surface area contributed by atoms with Crippen molar-refractivity contribution in [2.45, 2.75) is 12.3 Å².